The average Bonchev–Trinajstić information content (AvgIpc) is 2.27. The van der Waals surface area contributed by atoms with Gasteiger partial charge in [0.05, 0.1) is 6.07 Å². The van der Waals surface area contributed by atoms with Gasteiger partial charge in [0.1, 0.15) is 16.1 Å². The number of sulfone groups is 1. The van der Waals surface area contributed by atoms with Crippen molar-refractivity contribution in [3.8, 4) is 6.07 Å². The Labute approximate surface area is 111 Å². The van der Waals surface area contributed by atoms with Crippen LogP contribution in [-0.2, 0) is 14.6 Å². The van der Waals surface area contributed by atoms with Gasteiger partial charge in [0.2, 0.25) is 5.91 Å². The summed E-state index contributed by atoms with van der Waals surface area (Å²) in [6, 6.07) is 5.05. The molecule has 0 aliphatic heterocycles. The van der Waals surface area contributed by atoms with Crippen molar-refractivity contribution < 1.29 is 17.6 Å². The Kier molecular flexibility index (Phi) is 3.96. The molecule has 0 saturated carbocycles. The van der Waals surface area contributed by atoms with Crippen LogP contribution < -0.4 is 5.32 Å². The lowest BCUT2D eigenvalue weighted by Crippen LogP contribution is -2.29. The Balaban J connectivity index is 3.05. The van der Waals surface area contributed by atoms with Gasteiger partial charge in [0.25, 0.3) is 0 Å². The normalized spacial score (nSPS) is 11.7. The number of halogens is 1. The Morgan fingerprint density at radius 1 is 1.42 bits per heavy atom. The topological polar surface area (TPSA) is 87.0 Å². The maximum Gasteiger partial charge on any atom is 0.244 e. The highest BCUT2D eigenvalue weighted by Gasteiger charge is 2.27. The zero-order valence-corrected chi connectivity index (χ0v) is 11.5. The second-order valence-electron chi connectivity index (χ2n) is 4.61. The smallest absolute Gasteiger partial charge is 0.244 e. The number of anilines is 1. The third-order valence-electron chi connectivity index (χ3n) is 2.44. The van der Waals surface area contributed by atoms with Gasteiger partial charge in [-0.25, -0.2) is 12.8 Å². The van der Waals surface area contributed by atoms with Gasteiger partial charge in [0, 0.05) is 11.9 Å². The minimum absolute atomic E-state index is 0.0956. The number of nitrogens with one attached hydrogen (secondary N) is 1. The molecule has 0 atom stereocenters. The van der Waals surface area contributed by atoms with Crippen molar-refractivity contribution in [2.24, 2.45) is 5.41 Å². The molecule has 0 heterocycles. The van der Waals surface area contributed by atoms with Crippen molar-refractivity contribution in [1.82, 2.24) is 0 Å². The van der Waals surface area contributed by atoms with Crippen molar-refractivity contribution in [2.45, 2.75) is 18.7 Å². The van der Waals surface area contributed by atoms with Gasteiger partial charge in [-0.3, -0.25) is 4.79 Å². The molecule has 0 saturated heterocycles. The highest BCUT2D eigenvalue weighted by atomic mass is 32.2. The van der Waals surface area contributed by atoms with Crippen molar-refractivity contribution in [2.75, 3.05) is 11.6 Å². The standard InChI is InChI=1S/C12H13FN2O3S/c1-12(2,7-14)11(16)15-8-4-5-10(9(13)6-8)19(3,17)18/h4-6H,1-3H3,(H,15,16). The summed E-state index contributed by atoms with van der Waals surface area (Å²) in [5, 5.41) is 11.1. The lowest BCUT2D eigenvalue weighted by Gasteiger charge is -2.15. The maximum absolute atomic E-state index is 13.6. The lowest BCUT2D eigenvalue weighted by atomic mass is 9.94. The molecule has 7 heteroatoms. The first-order valence-corrected chi connectivity index (χ1v) is 7.19. The molecule has 1 aromatic rings. The van der Waals surface area contributed by atoms with E-state index in [1.54, 1.807) is 0 Å². The second-order valence-corrected chi connectivity index (χ2v) is 6.59. The predicted octanol–water partition coefficient (Wildman–Crippen LogP) is 1.72. The van der Waals surface area contributed by atoms with Gasteiger partial charge in [-0.15, -0.1) is 0 Å². The monoisotopic (exact) mass is 284 g/mol. The number of nitriles is 1. The minimum atomic E-state index is -3.65. The number of hydrogen-bond acceptors (Lipinski definition) is 4. The molecular formula is C12H13FN2O3S. The van der Waals surface area contributed by atoms with E-state index in [4.69, 9.17) is 5.26 Å². The maximum atomic E-state index is 13.6. The van der Waals surface area contributed by atoms with Crippen LogP contribution >= 0.6 is 0 Å². The Morgan fingerprint density at radius 3 is 2.42 bits per heavy atom. The molecule has 0 aliphatic rings. The van der Waals surface area contributed by atoms with Crippen LogP contribution in [0, 0.1) is 22.6 Å². The molecule has 1 N–H and O–H groups in total. The minimum Gasteiger partial charge on any atom is -0.325 e. The predicted molar refractivity (Wildman–Crippen MR) is 67.5 cm³/mol. The summed E-state index contributed by atoms with van der Waals surface area (Å²) in [5.74, 6) is -1.54. The Bertz CT molecular complexity index is 660. The van der Waals surface area contributed by atoms with Gasteiger partial charge < -0.3 is 5.32 Å². The van der Waals surface area contributed by atoms with Crippen LogP contribution in [0.4, 0.5) is 10.1 Å². The van der Waals surface area contributed by atoms with E-state index in [1.807, 2.05) is 6.07 Å². The molecule has 5 nitrogen and oxygen atoms in total. The van der Waals surface area contributed by atoms with Crippen LogP contribution in [0.15, 0.2) is 23.1 Å². The van der Waals surface area contributed by atoms with Crippen LogP contribution in [-0.4, -0.2) is 20.6 Å². The molecular weight excluding hydrogens is 271 g/mol. The molecule has 0 unspecified atom stereocenters. The Morgan fingerprint density at radius 2 is 2.00 bits per heavy atom. The van der Waals surface area contributed by atoms with Gasteiger partial charge in [-0.2, -0.15) is 5.26 Å². The molecule has 0 aromatic heterocycles. The molecule has 0 bridgehead atoms. The Hall–Kier alpha value is -1.94. The number of benzene rings is 1. The summed E-state index contributed by atoms with van der Waals surface area (Å²) >= 11 is 0. The van der Waals surface area contributed by atoms with Crippen molar-refractivity contribution >= 4 is 21.4 Å². The van der Waals surface area contributed by atoms with Gasteiger partial charge in [-0.05, 0) is 32.0 Å². The van der Waals surface area contributed by atoms with Crippen LogP contribution in [0.5, 0.6) is 0 Å². The molecule has 1 aromatic carbocycles. The first-order chi connectivity index (χ1) is 8.58. The largest absolute Gasteiger partial charge is 0.325 e. The van der Waals surface area contributed by atoms with E-state index in [-0.39, 0.29) is 5.69 Å². The zero-order valence-electron chi connectivity index (χ0n) is 10.7. The number of carbonyl (C=O) groups excluding carboxylic acids is 1. The van der Waals surface area contributed by atoms with Crippen LogP contribution in [0.2, 0.25) is 0 Å². The molecule has 0 fully saturated rings. The quantitative estimate of drug-likeness (QED) is 0.915. The van der Waals surface area contributed by atoms with E-state index >= 15 is 0 Å². The average molecular weight is 284 g/mol. The molecule has 1 amide bonds. The number of amides is 1. The van der Waals surface area contributed by atoms with E-state index < -0.39 is 31.9 Å². The van der Waals surface area contributed by atoms with Crippen LogP contribution in [0.1, 0.15) is 13.8 Å². The van der Waals surface area contributed by atoms with Crippen molar-refractivity contribution in [3.05, 3.63) is 24.0 Å². The summed E-state index contributed by atoms with van der Waals surface area (Å²) in [7, 11) is -3.65. The van der Waals surface area contributed by atoms with Crippen LogP contribution in [0.3, 0.4) is 0 Å². The second kappa shape index (κ2) is 4.97. The number of rotatable bonds is 3. The van der Waals surface area contributed by atoms with E-state index in [0.29, 0.717) is 0 Å². The van der Waals surface area contributed by atoms with E-state index in [0.717, 1.165) is 18.4 Å². The summed E-state index contributed by atoms with van der Waals surface area (Å²) in [4.78, 5) is 11.2. The third-order valence-corrected chi connectivity index (χ3v) is 3.57. The van der Waals surface area contributed by atoms with Crippen molar-refractivity contribution in [1.29, 1.82) is 5.26 Å². The van der Waals surface area contributed by atoms with Crippen LogP contribution in [0.25, 0.3) is 0 Å². The first kappa shape index (κ1) is 15.1. The summed E-state index contributed by atoms with van der Waals surface area (Å²) < 4.78 is 36.0. The molecule has 0 radical (unpaired) electrons. The number of carbonyl (C=O) groups is 1. The highest BCUT2D eigenvalue weighted by Crippen LogP contribution is 2.21. The highest BCUT2D eigenvalue weighted by molar-refractivity contribution is 7.90. The summed E-state index contributed by atoms with van der Waals surface area (Å²) in [6.45, 7) is 2.84. The van der Waals surface area contributed by atoms with Gasteiger partial charge in [0.15, 0.2) is 9.84 Å². The fourth-order valence-electron chi connectivity index (χ4n) is 1.22. The fourth-order valence-corrected chi connectivity index (χ4v) is 1.95. The van der Waals surface area contributed by atoms with E-state index in [9.17, 15) is 17.6 Å². The molecule has 1 rings (SSSR count). The lowest BCUT2D eigenvalue weighted by molar-refractivity contribution is -0.121. The summed E-state index contributed by atoms with van der Waals surface area (Å²) in [5.41, 5.74) is -1.16. The SMILES string of the molecule is CC(C)(C#N)C(=O)Nc1ccc(S(C)(=O)=O)c(F)c1. The molecule has 0 aliphatic carbocycles. The van der Waals surface area contributed by atoms with E-state index in [1.165, 1.54) is 19.9 Å². The summed E-state index contributed by atoms with van der Waals surface area (Å²) in [6.07, 6.45) is 0.891. The number of hydrogen-bond donors (Lipinski definition) is 1. The molecule has 0 spiro atoms. The van der Waals surface area contributed by atoms with E-state index in [2.05, 4.69) is 5.32 Å². The fraction of sp³-hybridized carbons (Fsp3) is 0.333. The van der Waals surface area contributed by atoms with Gasteiger partial charge >= 0.3 is 0 Å². The molecule has 102 valence electrons. The zero-order chi connectivity index (χ0) is 14.8. The third kappa shape index (κ3) is 3.51. The number of nitrogens with zero attached hydrogens (tertiary/aromatic N) is 1. The van der Waals surface area contributed by atoms with Crippen molar-refractivity contribution in [3.63, 3.8) is 0 Å². The van der Waals surface area contributed by atoms with Gasteiger partial charge in [-0.1, -0.05) is 0 Å². The first-order valence-electron chi connectivity index (χ1n) is 5.30. The molecule has 19 heavy (non-hydrogen) atoms.